The van der Waals surface area contributed by atoms with Crippen LogP contribution in [0.15, 0.2) is 0 Å². The second kappa shape index (κ2) is 6.23. The van der Waals surface area contributed by atoms with Crippen LogP contribution < -0.4 is 5.32 Å². The monoisotopic (exact) mass is 272 g/mol. The van der Waals surface area contributed by atoms with E-state index in [2.05, 4.69) is 26.1 Å². The van der Waals surface area contributed by atoms with E-state index in [0.29, 0.717) is 19.7 Å². The number of amides is 2. The number of nitrogens with zero attached hydrogens (tertiary/aromatic N) is 1. The van der Waals surface area contributed by atoms with Crippen LogP contribution in [-0.4, -0.2) is 53.8 Å². The number of carbonyl (C=O) groups excluding carboxylic acids is 1. The Morgan fingerprint density at radius 1 is 1.47 bits per heavy atom. The number of carboxylic acids is 1. The molecule has 19 heavy (non-hydrogen) atoms. The third-order valence-corrected chi connectivity index (χ3v) is 3.47. The third kappa shape index (κ3) is 5.06. The Kier molecular flexibility index (Phi) is 5.17. The number of nitrogens with one attached hydrogen (secondary N) is 1. The Labute approximate surface area is 114 Å². The smallest absolute Gasteiger partial charge is 0.317 e. The zero-order valence-electron chi connectivity index (χ0n) is 12.1. The van der Waals surface area contributed by atoms with E-state index in [9.17, 15) is 9.59 Å². The molecule has 1 aliphatic rings. The number of hydrogen-bond acceptors (Lipinski definition) is 3. The van der Waals surface area contributed by atoms with E-state index in [4.69, 9.17) is 9.84 Å². The molecule has 0 aromatic rings. The van der Waals surface area contributed by atoms with Gasteiger partial charge in [0.15, 0.2) is 0 Å². The number of urea groups is 1. The average molecular weight is 272 g/mol. The molecular weight excluding hydrogens is 248 g/mol. The number of rotatable bonds is 3. The van der Waals surface area contributed by atoms with Crippen molar-refractivity contribution >= 4 is 12.0 Å². The van der Waals surface area contributed by atoms with Gasteiger partial charge in [-0.25, -0.2) is 4.79 Å². The van der Waals surface area contributed by atoms with Gasteiger partial charge in [-0.3, -0.25) is 4.79 Å². The summed E-state index contributed by atoms with van der Waals surface area (Å²) in [5.41, 5.74) is -0.0115. The first kappa shape index (κ1) is 15.8. The Bertz CT molecular complexity index is 338. The Balaban J connectivity index is 2.50. The van der Waals surface area contributed by atoms with E-state index >= 15 is 0 Å². The van der Waals surface area contributed by atoms with Gasteiger partial charge in [0.25, 0.3) is 0 Å². The molecule has 1 rings (SSSR count). The average Bonchev–Trinajstić information content (AvgIpc) is 2.27. The molecule has 2 unspecified atom stereocenters. The predicted octanol–water partition coefficient (Wildman–Crippen LogP) is 1.31. The lowest BCUT2D eigenvalue weighted by molar-refractivity contribution is -0.141. The van der Waals surface area contributed by atoms with Crippen LogP contribution in [0.2, 0.25) is 0 Å². The van der Waals surface area contributed by atoms with Gasteiger partial charge in [0.2, 0.25) is 0 Å². The van der Waals surface area contributed by atoms with Crippen molar-refractivity contribution in [2.24, 2.45) is 5.41 Å². The van der Waals surface area contributed by atoms with Crippen LogP contribution in [0.4, 0.5) is 4.79 Å². The zero-order chi connectivity index (χ0) is 14.6. The van der Waals surface area contributed by atoms with Crippen LogP contribution in [0, 0.1) is 5.41 Å². The molecule has 0 saturated carbocycles. The van der Waals surface area contributed by atoms with E-state index in [1.165, 1.54) is 0 Å². The van der Waals surface area contributed by atoms with E-state index in [1.807, 2.05) is 6.92 Å². The minimum Gasteiger partial charge on any atom is -0.481 e. The number of carboxylic acid groups (broad SMARTS) is 1. The van der Waals surface area contributed by atoms with E-state index in [1.54, 1.807) is 4.90 Å². The molecule has 6 nitrogen and oxygen atoms in total. The number of morpholine rings is 1. The molecule has 1 saturated heterocycles. The summed E-state index contributed by atoms with van der Waals surface area (Å²) in [5.74, 6) is -0.907. The fourth-order valence-electron chi connectivity index (χ4n) is 1.72. The molecule has 1 aliphatic heterocycles. The van der Waals surface area contributed by atoms with Crippen molar-refractivity contribution in [1.29, 1.82) is 0 Å². The minimum absolute atomic E-state index is 0.0115. The summed E-state index contributed by atoms with van der Waals surface area (Å²) < 4.78 is 5.34. The van der Waals surface area contributed by atoms with Crippen molar-refractivity contribution in [3.05, 3.63) is 0 Å². The molecule has 1 heterocycles. The highest BCUT2D eigenvalue weighted by atomic mass is 16.5. The molecule has 0 radical (unpaired) electrons. The fraction of sp³-hybridized carbons (Fsp3) is 0.846. The van der Waals surface area contributed by atoms with Crippen molar-refractivity contribution in [1.82, 2.24) is 10.2 Å². The van der Waals surface area contributed by atoms with Gasteiger partial charge < -0.3 is 20.1 Å². The first-order chi connectivity index (χ1) is 8.70. The van der Waals surface area contributed by atoms with E-state index < -0.39 is 12.1 Å². The first-order valence-electron chi connectivity index (χ1n) is 6.59. The van der Waals surface area contributed by atoms with Crippen molar-refractivity contribution < 1.29 is 19.4 Å². The second-order valence-electron chi connectivity index (χ2n) is 6.07. The van der Waals surface area contributed by atoms with Crippen molar-refractivity contribution in [2.75, 3.05) is 19.7 Å². The van der Waals surface area contributed by atoms with Gasteiger partial charge in [-0.15, -0.1) is 0 Å². The molecule has 2 amide bonds. The Hall–Kier alpha value is -1.30. The van der Waals surface area contributed by atoms with Crippen LogP contribution in [0.25, 0.3) is 0 Å². The molecule has 2 atom stereocenters. The van der Waals surface area contributed by atoms with Crippen LogP contribution in [0.3, 0.4) is 0 Å². The maximum Gasteiger partial charge on any atom is 0.317 e. The fourth-order valence-corrected chi connectivity index (χ4v) is 1.72. The van der Waals surface area contributed by atoms with Gasteiger partial charge in [0.1, 0.15) is 0 Å². The van der Waals surface area contributed by atoms with Crippen LogP contribution in [0.5, 0.6) is 0 Å². The summed E-state index contributed by atoms with van der Waals surface area (Å²) in [6.07, 6.45) is -0.486. The predicted molar refractivity (Wildman–Crippen MR) is 71.0 cm³/mol. The SMILES string of the molecule is CC(NC(=O)N1CCOC(CC(=O)O)C1)C(C)(C)C. The van der Waals surface area contributed by atoms with Gasteiger partial charge in [0, 0.05) is 19.1 Å². The van der Waals surface area contributed by atoms with E-state index in [0.717, 1.165) is 0 Å². The van der Waals surface area contributed by atoms with Crippen molar-refractivity contribution in [3.63, 3.8) is 0 Å². The van der Waals surface area contributed by atoms with Gasteiger partial charge >= 0.3 is 12.0 Å². The molecule has 0 spiro atoms. The lowest BCUT2D eigenvalue weighted by Crippen LogP contribution is -2.53. The van der Waals surface area contributed by atoms with Gasteiger partial charge in [-0.1, -0.05) is 20.8 Å². The molecule has 2 N–H and O–H groups in total. The summed E-state index contributed by atoms with van der Waals surface area (Å²) in [6, 6.07) is -0.109. The number of carbonyl (C=O) groups is 2. The zero-order valence-corrected chi connectivity index (χ0v) is 12.1. The van der Waals surface area contributed by atoms with Crippen LogP contribution >= 0.6 is 0 Å². The molecule has 110 valence electrons. The van der Waals surface area contributed by atoms with Crippen LogP contribution in [-0.2, 0) is 9.53 Å². The number of ether oxygens (including phenoxy) is 1. The number of aliphatic carboxylic acids is 1. The summed E-state index contributed by atoms with van der Waals surface area (Å²) >= 11 is 0. The standard InChI is InChI=1S/C13H24N2O4/c1-9(13(2,3)4)14-12(18)15-5-6-19-10(8-15)7-11(16)17/h9-10H,5-8H2,1-4H3,(H,14,18)(H,16,17). The quantitative estimate of drug-likeness (QED) is 0.812. The summed E-state index contributed by atoms with van der Waals surface area (Å²) in [5, 5.41) is 11.7. The largest absolute Gasteiger partial charge is 0.481 e. The molecule has 0 aliphatic carbocycles. The second-order valence-corrected chi connectivity index (χ2v) is 6.07. The lowest BCUT2D eigenvalue weighted by atomic mass is 9.88. The van der Waals surface area contributed by atoms with Gasteiger partial charge in [-0.05, 0) is 12.3 Å². The van der Waals surface area contributed by atoms with Crippen molar-refractivity contribution in [2.45, 2.75) is 46.3 Å². The topological polar surface area (TPSA) is 78.9 Å². The molecule has 1 fully saturated rings. The van der Waals surface area contributed by atoms with Crippen molar-refractivity contribution in [3.8, 4) is 0 Å². The highest BCUT2D eigenvalue weighted by Crippen LogP contribution is 2.19. The highest BCUT2D eigenvalue weighted by Gasteiger charge is 2.28. The molecule has 0 aromatic heterocycles. The molecular formula is C13H24N2O4. The van der Waals surface area contributed by atoms with Crippen LogP contribution in [0.1, 0.15) is 34.1 Å². The summed E-state index contributed by atoms with van der Waals surface area (Å²) in [4.78, 5) is 24.4. The molecule has 6 heteroatoms. The van der Waals surface area contributed by atoms with Gasteiger partial charge in [0.05, 0.1) is 19.1 Å². The Morgan fingerprint density at radius 3 is 2.63 bits per heavy atom. The van der Waals surface area contributed by atoms with E-state index in [-0.39, 0.29) is 23.9 Å². The minimum atomic E-state index is -0.907. The lowest BCUT2D eigenvalue weighted by Gasteiger charge is -2.35. The first-order valence-corrected chi connectivity index (χ1v) is 6.59. The maximum absolute atomic E-state index is 12.1. The highest BCUT2D eigenvalue weighted by molar-refractivity contribution is 5.75. The normalized spacial score (nSPS) is 21.9. The summed E-state index contributed by atoms with van der Waals surface area (Å²) in [7, 11) is 0. The molecule has 0 bridgehead atoms. The molecule has 0 aromatic carbocycles. The van der Waals surface area contributed by atoms with Gasteiger partial charge in [-0.2, -0.15) is 0 Å². The number of hydrogen-bond donors (Lipinski definition) is 2. The third-order valence-electron chi connectivity index (χ3n) is 3.47. The maximum atomic E-state index is 12.1. The Morgan fingerprint density at radius 2 is 2.11 bits per heavy atom. The summed E-state index contributed by atoms with van der Waals surface area (Å²) in [6.45, 7) is 9.36.